The molecule has 3 amide bonds. The highest BCUT2D eigenvalue weighted by Gasteiger charge is 2.31. The van der Waals surface area contributed by atoms with Crippen LogP contribution in [0.15, 0.2) is 12.7 Å². The monoisotopic (exact) mass is 255 g/mol. The van der Waals surface area contributed by atoms with Gasteiger partial charge in [-0.25, -0.2) is 4.79 Å². The van der Waals surface area contributed by atoms with Gasteiger partial charge >= 0.3 is 12.0 Å². The first-order chi connectivity index (χ1) is 8.45. The van der Waals surface area contributed by atoms with E-state index in [2.05, 4.69) is 11.9 Å². The number of nitrogens with zero attached hydrogens (tertiary/aromatic N) is 2. The molecule has 1 aliphatic rings. The summed E-state index contributed by atoms with van der Waals surface area (Å²) in [6.07, 6.45) is 1.97. The number of hydrogen-bond donors (Lipinski definition) is 2. The van der Waals surface area contributed by atoms with E-state index in [1.807, 2.05) is 0 Å². The first-order valence-electron chi connectivity index (χ1n) is 5.58. The Morgan fingerprint density at radius 1 is 1.67 bits per heavy atom. The van der Waals surface area contributed by atoms with Crippen LogP contribution in [0.4, 0.5) is 4.79 Å². The Hall–Kier alpha value is -2.05. The van der Waals surface area contributed by atoms with E-state index in [0.29, 0.717) is 13.0 Å². The fourth-order valence-corrected chi connectivity index (χ4v) is 1.74. The number of likely N-dealkylation sites (tertiary alicyclic amines) is 1. The average molecular weight is 255 g/mol. The zero-order valence-corrected chi connectivity index (χ0v) is 10.3. The van der Waals surface area contributed by atoms with Gasteiger partial charge in [0.15, 0.2) is 0 Å². The number of aliphatic carboxylic acids is 1. The molecule has 1 unspecified atom stereocenters. The van der Waals surface area contributed by atoms with Gasteiger partial charge in [-0.1, -0.05) is 6.08 Å². The minimum atomic E-state index is -1.11. The Kier molecular flexibility index (Phi) is 4.70. The molecule has 7 nitrogen and oxygen atoms in total. The summed E-state index contributed by atoms with van der Waals surface area (Å²) in [5, 5.41) is 11.2. The van der Waals surface area contributed by atoms with Gasteiger partial charge in [0.1, 0.15) is 12.6 Å². The SMILES string of the molecule is C=CCN(CC(=O)O)C(=O)NC1CCN(C)C1=O. The van der Waals surface area contributed by atoms with Gasteiger partial charge in [-0.05, 0) is 6.42 Å². The molecule has 18 heavy (non-hydrogen) atoms. The van der Waals surface area contributed by atoms with Crippen molar-refractivity contribution in [2.45, 2.75) is 12.5 Å². The molecule has 0 aromatic rings. The van der Waals surface area contributed by atoms with E-state index < -0.39 is 24.6 Å². The number of carbonyl (C=O) groups excluding carboxylic acids is 2. The molecule has 1 aliphatic heterocycles. The van der Waals surface area contributed by atoms with Crippen molar-refractivity contribution in [1.29, 1.82) is 0 Å². The number of hydrogen-bond acceptors (Lipinski definition) is 3. The van der Waals surface area contributed by atoms with Crippen LogP contribution in [0.2, 0.25) is 0 Å². The molecule has 1 atom stereocenters. The highest BCUT2D eigenvalue weighted by atomic mass is 16.4. The summed E-state index contributed by atoms with van der Waals surface area (Å²) in [5.41, 5.74) is 0. The van der Waals surface area contributed by atoms with Crippen molar-refractivity contribution in [3.05, 3.63) is 12.7 Å². The second kappa shape index (κ2) is 6.04. The predicted octanol–water partition coefficient (Wildman–Crippen LogP) is -0.501. The summed E-state index contributed by atoms with van der Waals surface area (Å²) in [4.78, 5) is 36.6. The third kappa shape index (κ3) is 3.47. The van der Waals surface area contributed by atoms with E-state index in [9.17, 15) is 14.4 Å². The Bertz CT molecular complexity index is 369. The molecule has 2 N–H and O–H groups in total. The zero-order chi connectivity index (χ0) is 13.7. The number of rotatable bonds is 5. The molecular weight excluding hydrogens is 238 g/mol. The number of urea groups is 1. The van der Waals surface area contributed by atoms with Crippen molar-refractivity contribution in [2.75, 3.05) is 26.7 Å². The van der Waals surface area contributed by atoms with Crippen molar-refractivity contribution in [3.8, 4) is 0 Å². The highest BCUT2D eigenvalue weighted by Crippen LogP contribution is 2.08. The molecule has 1 saturated heterocycles. The van der Waals surface area contributed by atoms with E-state index in [1.165, 1.54) is 11.0 Å². The summed E-state index contributed by atoms with van der Waals surface area (Å²) < 4.78 is 0. The molecule has 7 heteroatoms. The standard InChI is InChI=1S/C11H17N3O4/c1-3-5-14(7-9(15)16)11(18)12-8-4-6-13(2)10(8)17/h3,8H,1,4-7H2,2H3,(H,12,18)(H,15,16). The van der Waals surface area contributed by atoms with Crippen LogP contribution in [-0.2, 0) is 9.59 Å². The van der Waals surface area contributed by atoms with Crippen molar-refractivity contribution < 1.29 is 19.5 Å². The van der Waals surface area contributed by atoms with Crippen molar-refractivity contribution >= 4 is 17.9 Å². The van der Waals surface area contributed by atoms with E-state index in [1.54, 1.807) is 7.05 Å². The fourth-order valence-electron chi connectivity index (χ4n) is 1.74. The zero-order valence-electron chi connectivity index (χ0n) is 10.3. The predicted molar refractivity (Wildman–Crippen MR) is 64.0 cm³/mol. The number of amides is 3. The van der Waals surface area contributed by atoms with Crippen molar-refractivity contribution in [1.82, 2.24) is 15.1 Å². The van der Waals surface area contributed by atoms with Crippen molar-refractivity contribution in [3.63, 3.8) is 0 Å². The molecular formula is C11H17N3O4. The maximum atomic E-state index is 11.8. The summed E-state index contributed by atoms with van der Waals surface area (Å²) in [6.45, 7) is 3.74. The molecule has 1 heterocycles. The largest absolute Gasteiger partial charge is 0.480 e. The Labute approximate surface area is 105 Å². The van der Waals surface area contributed by atoms with Gasteiger partial charge in [0.25, 0.3) is 0 Å². The third-order valence-corrected chi connectivity index (χ3v) is 2.69. The van der Waals surface area contributed by atoms with Crippen LogP contribution < -0.4 is 5.32 Å². The van der Waals surface area contributed by atoms with Crippen molar-refractivity contribution in [2.24, 2.45) is 0 Å². The van der Waals surface area contributed by atoms with E-state index in [-0.39, 0.29) is 12.5 Å². The number of carboxylic acids is 1. The van der Waals surface area contributed by atoms with Gasteiger partial charge in [-0.15, -0.1) is 6.58 Å². The van der Waals surface area contributed by atoms with Crippen LogP contribution in [0.25, 0.3) is 0 Å². The van der Waals surface area contributed by atoms with Gasteiger partial charge in [-0.2, -0.15) is 0 Å². The number of carboxylic acid groups (broad SMARTS) is 1. The first kappa shape index (κ1) is 14.0. The Morgan fingerprint density at radius 3 is 2.78 bits per heavy atom. The van der Waals surface area contributed by atoms with Gasteiger partial charge in [0, 0.05) is 20.1 Å². The van der Waals surface area contributed by atoms with Crippen LogP contribution in [0, 0.1) is 0 Å². The minimum absolute atomic E-state index is 0.120. The molecule has 0 spiro atoms. The normalized spacial score (nSPS) is 18.6. The molecule has 0 aromatic carbocycles. The van der Waals surface area contributed by atoms with Crippen LogP contribution in [0.1, 0.15) is 6.42 Å². The fraction of sp³-hybridized carbons (Fsp3) is 0.545. The Balaban J connectivity index is 2.58. The molecule has 0 aliphatic carbocycles. The lowest BCUT2D eigenvalue weighted by Gasteiger charge is -2.21. The molecule has 0 radical (unpaired) electrons. The van der Waals surface area contributed by atoms with Gasteiger partial charge in [0.2, 0.25) is 5.91 Å². The van der Waals surface area contributed by atoms with E-state index >= 15 is 0 Å². The lowest BCUT2D eigenvalue weighted by molar-refractivity contribution is -0.137. The molecule has 1 rings (SSSR count). The average Bonchev–Trinajstić information content (AvgIpc) is 2.60. The van der Waals surface area contributed by atoms with Gasteiger partial charge < -0.3 is 20.2 Å². The van der Waals surface area contributed by atoms with Crippen LogP contribution in [0.3, 0.4) is 0 Å². The third-order valence-electron chi connectivity index (χ3n) is 2.69. The minimum Gasteiger partial charge on any atom is -0.480 e. The summed E-state index contributed by atoms with van der Waals surface area (Å²) in [6, 6.07) is -1.13. The first-order valence-corrected chi connectivity index (χ1v) is 5.58. The van der Waals surface area contributed by atoms with Crippen LogP contribution >= 0.6 is 0 Å². The second-order valence-electron chi connectivity index (χ2n) is 4.11. The number of carbonyl (C=O) groups is 3. The highest BCUT2D eigenvalue weighted by molar-refractivity contribution is 5.89. The lowest BCUT2D eigenvalue weighted by atomic mass is 10.2. The van der Waals surface area contributed by atoms with E-state index in [0.717, 1.165) is 4.90 Å². The maximum Gasteiger partial charge on any atom is 0.323 e. The molecule has 100 valence electrons. The topological polar surface area (TPSA) is 89.9 Å². The maximum absolute atomic E-state index is 11.8. The smallest absolute Gasteiger partial charge is 0.323 e. The van der Waals surface area contributed by atoms with Crippen LogP contribution in [0.5, 0.6) is 0 Å². The molecule has 0 bridgehead atoms. The second-order valence-corrected chi connectivity index (χ2v) is 4.11. The van der Waals surface area contributed by atoms with Gasteiger partial charge in [0.05, 0.1) is 0 Å². The summed E-state index contributed by atoms with van der Waals surface area (Å²) >= 11 is 0. The number of nitrogens with one attached hydrogen (secondary N) is 1. The Morgan fingerprint density at radius 2 is 2.33 bits per heavy atom. The lowest BCUT2D eigenvalue weighted by Crippen LogP contribution is -2.49. The molecule has 0 aromatic heterocycles. The van der Waals surface area contributed by atoms with E-state index in [4.69, 9.17) is 5.11 Å². The quantitative estimate of drug-likeness (QED) is 0.648. The number of likely N-dealkylation sites (N-methyl/N-ethyl adjacent to an activating group) is 1. The molecule has 0 saturated carbocycles. The molecule has 1 fully saturated rings. The van der Waals surface area contributed by atoms with Crippen LogP contribution in [-0.4, -0.2) is 65.5 Å². The summed E-state index contributed by atoms with van der Waals surface area (Å²) in [7, 11) is 1.66. The summed E-state index contributed by atoms with van der Waals surface area (Å²) in [5.74, 6) is -1.26. The van der Waals surface area contributed by atoms with Gasteiger partial charge in [-0.3, -0.25) is 9.59 Å².